The number of Topliss-reactive ketones (excluding diaryl/α,β-unsaturated/α-hetero) is 1. The van der Waals surface area contributed by atoms with Gasteiger partial charge in [-0.15, -0.1) is 0 Å². The summed E-state index contributed by atoms with van der Waals surface area (Å²) in [6, 6.07) is 0. The van der Waals surface area contributed by atoms with E-state index in [9.17, 15) is 13.4 Å². The van der Waals surface area contributed by atoms with E-state index in [-0.39, 0.29) is 26.6 Å². The Hall–Kier alpha value is 0.0943. The van der Waals surface area contributed by atoms with Crippen LogP contribution in [0, 0.1) is 17.3 Å². The molecule has 1 spiro atoms. The van der Waals surface area contributed by atoms with Crippen molar-refractivity contribution in [2.45, 2.75) is 53.3 Å². The van der Waals surface area contributed by atoms with Crippen molar-refractivity contribution in [2.75, 3.05) is 26.2 Å². The SMILES string of the molecule is CC[N+]1(CC)C[C@@]2(CCC(=O)[C@@H](C)[C@@H]2CO[Si](C)(C)C)[C](=[Cr])O[B-]1(F)F. The molecule has 1 aliphatic carbocycles. The van der Waals surface area contributed by atoms with Gasteiger partial charge in [-0.3, -0.25) is 0 Å². The van der Waals surface area contributed by atoms with E-state index in [1.807, 2.05) is 6.92 Å². The predicted octanol–water partition coefficient (Wildman–Crippen LogP) is 3.38. The summed E-state index contributed by atoms with van der Waals surface area (Å²) < 4.78 is 41.1. The molecule has 4 nitrogen and oxygen atoms in total. The Morgan fingerprint density at radius 2 is 1.92 bits per heavy atom. The first-order valence-corrected chi connectivity index (χ1v) is 13.7. The minimum absolute atomic E-state index is 0.144. The molecule has 2 fully saturated rings. The van der Waals surface area contributed by atoms with Gasteiger partial charge in [0.1, 0.15) is 0 Å². The first-order chi connectivity index (χ1) is 11.8. The number of ketones is 1. The van der Waals surface area contributed by atoms with Crippen LogP contribution in [0.4, 0.5) is 8.63 Å². The second-order valence-electron chi connectivity index (χ2n) is 8.92. The summed E-state index contributed by atoms with van der Waals surface area (Å²) >= 11 is 2.81. The van der Waals surface area contributed by atoms with E-state index in [4.69, 9.17) is 9.08 Å². The van der Waals surface area contributed by atoms with Crippen molar-refractivity contribution in [2.24, 2.45) is 17.3 Å². The predicted molar refractivity (Wildman–Crippen MR) is 98.9 cm³/mol. The summed E-state index contributed by atoms with van der Waals surface area (Å²) in [4.78, 5) is 12.4. The molecule has 1 saturated heterocycles. The Balaban J connectivity index is 2.46. The number of hydrogen-bond acceptors (Lipinski definition) is 3. The van der Waals surface area contributed by atoms with Crippen LogP contribution >= 0.6 is 0 Å². The second-order valence-corrected chi connectivity index (χ2v) is 14.0. The van der Waals surface area contributed by atoms with Crippen LogP contribution in [0.2, 0.25) is 19.6 Å². The Bertz CT molecular complexity index is 583. The fourth-order valence-corrected chi connectivity index (χ4v) is 5.88. The van der Waals surface area contributed by atoms with Crippen LogP contribution in [-0.4, -0.2) is 56.3 Å². The monoisotopic (exact) mass is 427 g/mol. The number of nitrogens with zero attached hydrogens (tertiary/aromatic N) is 1. The molecule has 0 N–H and O–H groups in total. The summed E-state index contributed by atoms with van der Waals surface area (Å²) in [7, 11) is -5.80. The zero-order chi connectivity index (χ0) is 20.0. The first kappa shape index (κ1) is 22.4. The van der Waals surface area contributed by atoms with Crippen molar-refractivity contribution in [3.63, 3.8) is 0 Å². The second kappa shape index (κ2) is 7.49. The molecule has 0 unspecified atom stereocenters. The average molecular weight is 427 g/mol. The van der Waals surface area contributed by atoms with Crippen molar-refractivity contribution < 1.29 is 42.8 Å². The molecule has 0 aromatic rings. The van der Waals surface area contributed by atoms with Crippen molar-refractivity contribution >= 4 is 25.7 Å². The van der Waals surface area contributed by atoms with Crippen molar-refractivity contribution in [1.29, 1.82) is 0 Å². The Kier molecular flexibility index (Phi) is 6.45. The maximum atomic E-state index is 14.9. The van der Waals surface area contributed by atoms with Crippen LogP contribution in [0.3, 0.4) is 0 Å². The molecule has 0 aromatic carbocycles. The van der Waals surface area contributed by atoms with Crippen LogP contribution in [0.15, 0.2) is 0 Å². The Morgan fingerprint density at radius 1 is 1.35 bits per heavy atom. The molecular weight excluding hydrogens is 395 g/mol. The van der Waals surface area contributed by atoms with Gasteiger partial charge in [0, 0.05) is 0 Å². The molecule has 0 bridgehead atoms. The van der Waals surface area contributed by atoms with Gasteiger partial charge in [0.25, 0.3) is 0 Å². The van der Waals surface area contributed by atoms with Crippen LogP contribution in [0.1, 0.15) is 33.6 Å². The van der Waals surface area contributed by atoms with Gasteiger partial charge >= 0.3 is 165 Å². The first-order valence-electron chi connectivity index (χ1n) is 9.61. The summed E-state index contributed by atoms with van der Waals surface area (Å²) in [5.74, 6) is -0.169. The van der Waals surface area contributed by atoms with E-state index < -0.39 is 20.8 Å². The molecule has 0 aromatic heterocycles. The molecule has 2 aliphatic rings. The maximum absolute atomic E-state index is 14.9. The molecule has 3 atom stereocenters. The van der Waals surface area contributed by atoms with E-state index >= 15 is 0 Å². The van der Waals surface area contributed by atoms with E-state index in [1.54, 1.807) is 13.8 Å². The van der Waals surface area contributed by atoms with Gasteiger partial charge in [-0.25, -0.2) is 0 Å². The molecule has 2 rings (SSSR count). The van der Waals surface area contributed by atoms with Gasteiger partial charge in [-0.1, -0.05) is 0 Å². The van der Waals surface area contributed by atoms with Crippen molar-refractivity contribution in [3.05, 3.63) is 0 Å². The third-order valence-corrected chi connectivity index (χ3v) is 8.30. The van der Waals surface area contributed by atoms with E-state index in [0.717, 1.165) is 0 Å². The van der Waals surface area contributed by atoms with Gasteiger partial charge in [0.05, 0.1) is 0 Å². The standard InChI is InChI=1S/C17H32BF2NO3Si.Cr/c1-7-21(8-2)12-17(13-23-18(21,19)20)10-9-16(22)14(3)15(17)11-24-25(4,5)6;/h14-15H,7-12H2,1-6H3;/t14-,15-,17-;/m0./s1. The molecule has 1 aliphatic heterocycles. The fourth-order valence-electron chi connectivity index (χ4n) is 4.52. The van der Waals surface area contributed by atoms with Crippen LogP contribution in [-0.2, 0) is 29.7 Å². The van der Waals surface area contributed by atoms with E-state index in [1.165, 1.54) is 0 Å². The zero-order valence-electron chi connectivity index (χ0n) is 16.8. The average Bonchev–Trinajstić information content (AvgIpc) is 2.53. The summed E-state index contributed by atoms with van der Waals surface area (Å²) in [5.41, 5.74) is -0.581. The number of quaternary nitrogens is 1. The molecule has 0 amide bonds. The molecule has 9 heteroatoms. The summed E-state index contributed by atoms with van der Waals surface area (Å²) in [6.45, 7) is 13.2. The van der Waals surface area contributed by atoms with E-state index in [2.05, 4.69) is 35.5 Å². The van der Waals surface area contributed by atoms with Crippen LogP contribution in [0.25, 0.3) is 0 Å². The number of rotatable bonds is 5. The third kappa shape index (κ3) is 3.81. The molecule has 150 valence electrons. The number of carbonyl (C=O) groups is 1. The summed E-state index contributed by atoms with van der Waals surface area (Å²) in [6.07, 6.45) is 0.954. The van der Waals surface area contributed by atoms with Crippen molar-refractivity contribution in [3.8, 4) is 0 Å². The minimum atomic E-state index is -4.01. The number of halogens is 2. The summed E-state index contributed by atoms with van der Waals surface area (Å²) in [5, 5.41) is 0. The normalized spacial score (nSPS) is 34.3. The number of carbonyl (C=O) groups excluding carboxylic acids is 1. The van der Waals surface area contributed by atoms with Gasteiger partial charge < -0.3 is 0 Å². The topological polar surface area (TPSA) is 35.5 Å². The Morgan fingerprint density at radius 3 is 2.42 bits per heavy atom. The van der Waals surface area contributed by atoms with E-state index in [0.29, 0.717) is 39.1 Å². The fraction of sp³-hybridized carbons (Fsp3) is 0.882. The third-order valence-electron chi connectivity index (χ3n) is 6.48. The van der Waals surface area contributed by atoms with Crippen LogP contribution < -0.4 is 0 Å². The van der Waals surface area contributed by atoms with Gasteiger partial charge in [0.2, 0.25) is 0 Å². The molecule has 1 saturated carbocycles. The molecule has 26 heavy (non-hydrogen) atoms. The zero-order valence-corrected chi connectivity index (χ0v) is 19.1. The molecule has 1 heterocycles. The quantitative estimate of drug-likeness (QED) is 0.632. The van der Waals surface area contributed by atoms with Gasteiger partial charge in [-0.05, 0) is 0 Å². The van der Waals surface area contributed by atoms with Gasteiger partial charge in [0.15, 0.2) is 0 Å². The van der Waals surface area contributed by atoms with Crippen molar-refractivity contribution in [1.82, 2.24) is 0 Å². The van der Waals surface area contributed by atoms with Gasteiger partial charge in [-0.2, -0.15) is 0 Å². The number of hydrogen-bond donors (Lipinski definition) is 0. The molecular formula is C17H32BCrF2NO3Si. The Labute approximate surface area is 165 Å². The van der Waals surface area contributed by atoms with Crippen LogP contribution in [0.5, 0.6) is 0 Å². The molecule has 0 radical (unpaired) electrons.